The van der Waals surface area contributed by atoms with Crippen molar-refractivity contribution in [3.63, 3.8) is 0 Å². The van der Waals surface area contributed by atoms with E-state index in [0.29, 0.717) is 10.0 Å². The van der Waals surface area contributed by atoms with Gasteiger partial charge >= 0.3 is 0 Å². The zero-order valence-electron chi connectivity index (χ0n) is 10.6. The fourth-order valence-electron chi connectivity index (χ4n) is 2.49. The molecule has 19 heavy (non-hydrogen) atoms. The van der Waals surface area contributed by atoms with Gasteiger partial charge in [0.2, 0.25) is 0 Å². The van der Waals surface area contributed by atoms with Crippen LogP contribution in [0.15, 0.2) is 24.4 Å². The number of rotatable bonds is 3. The van der Waals surface area contributed by atoms with E-state index in [2.05, 4.69) is 15.7 Å². The van der Waals surface area contributed by atoms with Crippen LogP contribution in [0.1, 0.15) is 0 Å². The Hall–Kier alpha value is -0.740. The van der Waals surface area contributed by atoms with E-state index in [1.807, 2.05) is 12.1 Å². The highest BCUT2D eigenvalue weighted by atomic mass is 35.5. The quantitative estimate of drug-likeness (QED) is 0.865. The zero-order chi connectivity index (χ0) is 13.2. The molecule has 1 saturated heterocycles. The summed E-state index contributed by atoms with van der Waals surface area (Å²) in [5, 5.41) is 2.46. The fourth-order valence-corrected chi connectivity index (χ4v) is 3.03. The number of hydrogen-bond acceptors (Lipinski definition) is 2. The predicted octanol–water partition coefficient (Wildman–Crippen LogP) is 3.28. The molecule has 0 aliphatic carbocycles. The van der Waals surface area contributed by atoms with E-state index >= 15 is 0 Å². The minimum Gasteiger partial charge on any atom is -0.379 e. The van der Waals surface area contributed by atoms with Gasteiger partial charge in [-0.2, -0.15) is 0 Å². The van der Waals surface area contributed by atoms with Gasteiger partial charge in [-0.05, 0) is 18.2 Å². The maximum absolute atomic E-state index is 6.20. The fraction of sp³-hybridized carbons (Fsp3) is 0.429. The molecule has 102 valence electrons. The van der Waals surface area contributed by atoms with Crippen LogP contribution in [0.4, 0.5) is 0 Å². The molecule has 1 fully saturated rings. The van der Waals surface area contributed by atoms with Crippen molar-refractivity contribution >= 4 is 34.1 Å². The Morgan fingerprint density at radius 1 is 1.11 bits per heavy atom. The molecule has 0 atom stereocenters. The first-order valence-electron chi connectivity index (χ1n) is 6.48. The number of aromatic nitrogens is 1. The van der Waals surface area contributed by atoms with Crippen molar-refractivity contribution in [1.29, 1.82) is 0 Å². The number of hydrogen-bond donors (Lipinski definition) is 0. The van der Waals surface area contributed by atoms with E-state index in [1.165, 1.54) is 0 Å². The van der Waals surface area contributed by atoms with Gasteiger partial charge in [0.15, 0.2) is 0 Å². The minimum absolute atomic E-state index is 0.684. The highest BCUT2D eigenvalue weighted by Crippen LogP contribution is 2.28. The maximum atomic E-state index is 6.20. The molecule has 3 rings (SSSR count). The number of halogens is 2. The molecule has 1 aromatic carbocycles. The van der Waals surface area contributed by atoms with Crippen molar-refractivity contribution in [1.82, 2.24) is 9.47 Å². The lowest BCUT2D eigenvalue weighted by Crippen LogP contribution is -2.38. The van der Waals surface area contributed by atoms with E-state index in [0.717, 1.165) is 50.3 Å². The second-order valence-corrected chi connectivity index (χ2v) is 5.63. The van der Waals surface area contributed by atoms with Crippen LogP contribution < -0.4 is 0 Å². The summed E-state index contributed by atoms with van der Waals surface area (Å²) in [7, 11) is 0. The third kappa shape index (κ3) is 2.90. The second-order valence-electron chi connectivity index (χ2n) is 4.78. The Labute approximate surface area is 122 Å². The topological polar surface area (TPSA) is 17.4 Å². The van der Waals surface area contributed by atoms with Gasteiger partial charge in [-0.1, -0.05) is 23.2 Å². The van der Waals surface area contributed by atoms with E-state index in [9.17, 15) is 0 Å². The maximum Gasteiger partial charge on any atom is 0.0594 e. The zero-order valence-corrected chi connectivity index (χ0v) is 12.1. The van der Waals surface area contributed by atoms with Crippen LogP contribution in [0, 0.1) is 0 Å². The first-order chi connectivity index (χ1) is 9.24. The molecule has 2 aromatic rings. The number of morpholine rings is 1. The summed E-state index contributed by atoms with van der Waals surface area (Å²) in [5.74, 6) is 0. The molecule has 0 spiro atoms. The third-order valence-electron chi connectivity index (χ3n) is 3.56. The van der Waals surface area contributed by atoms with Crippen molar-refractivity contribution in [3.8, 4) is 0 Å². The molecule has 1 aliphatic rings. The monoisotopic (exact) mass is 298 g/mol. The van der Waals surface area contributed by atoms with E-state index in [-0.39, 0.29) is 0 Å². The van der Waals surface area contributed by atoms with Crippen molar-refractivity contribution in [2.75, 3.05) is 32.8 Å². The van der Waals surface area contributed by atoms with Gasteiger partial charge in [-0.25, -0.2) is 0 Å². The normalized spacial score (nSPS) is 17.2. The first-order valence-corrected chi connectivity index (χ1v) is 7.23. The Morgan fingerprint density at radius 3 is 2.68 bits per heavy atom. The van der Waals surface area contributed by atoms with Gasteiger partial charge in [-0.3, -0.25) is 4.90 Å². The average molecular weight is 299 g/mol. The van der Waals surface area contributed by atoms with Gasteiger partial charge < -0.3 is 9.30 Å². The smallest absolute Gasteiger partial charge is 0.0594 e. The molecular weight excluding hydrogens is 283 g/mol. The summed E-state index contributed by atoms with van der Waals surface area (Å²) in [6, 6.07) is 5.81. The molecule has 0 saturated carbocycles. The summed E-state index contributed by atoms with van der Waals surface area (Å²) < 4.78 is 7.57. The lowest BCUT2D eigenvalue weighted by atomic mass is 10.2. The lowest BCUT2D eigenvalue weighted by Gasteiger charge is -2.26. The number of nitrogens with zero attached hydrogens (tertiary/aromatic N) is 2. The van der Waals surface area contributed by atoms with Crippen molar-refractivity contribution < 1.29 is 4.74 Å². The standard InChI is InChI=1S/C14H16Cl2N2O/c15-11-9-13(16)12-1-2-18(14(12)10-11)4-3-17-5-7-19-8-6-17/h1-2,9-10H,3-8H2. The molecule has 0 amide bonds. The molecule has 5 heteroatoms. The minimum atomic E-state index is 0.684. The van der Waals surface area contributed by atoms with Crippen molar-refractivity contribution in [2.45, 2.75) is 6.54 Å². The second kappa shape index (κ2) is 5.71. The van der Waals surface area contributed by atoms with Crippen LogP contribution >= 0.6 is 23.2 Å². The molecule has 3 nitrogen and oxygen atoms in total. The Bertz CT molecular complexity index is 576. The molecule has 1 aliphatic heterocycles. The molecule has 2 heterocycles. The lowest BCUT2D eigenvalue weighted by molar-refractivity contribution is 0.0365. The summed E-state index contributed by atoms with van der Waals surface area (Å²) in [5.41, 5.74) is 1.10. The summed E-state index contributed by atoms with van der Waals surface area (Å²) in [6.45, 7) is 5.67. The molecule has 0 unspecified atom stereocenters. The molecule has 0 N–H and O–H groups in total. The van der Waals surface area contributed by atoms with Crippen LogP contribution in [0.5, 0.6) is 0 Å². The number of ether oxygens (including phenoxy) is 1. The van der Waals surface area contributed by atoms with Crippen LogP contribution in [0.3, 0.4) is 0 Å². The van der Waals surface area contributed by atoms with Gasteiger partial charge in [0.05, 0.1) is 23.8 Å². The van der Waals surface area contributed by atoms with Gasteiger partial charge in [-0.15, -0.1) is 0 Å². The molecule has 0 bridgehead atoms. The van der Waals surface area contributed by atoms with Crippen molar-refractivity contribution in [3.05, 3.63) is 34.4 Å². The first kappa shape index (κ1) is 13.3. The average Bonchev–Trinajstić information content (AvgIpc) is 2.81. The molecular formula is C14H16Cl2N2O. The molecule has 0 radical (unpaired) electrons. The van der Waals surface area contributed by atoms with Crippen LogP contribution in [0.25, 0.3) is 10.9 Å². The number of benzene rings is 1. The highest BCUT2D eigenvalue weighted by Gasteiger charge is 2.11. The van der Waals surface area contributed by atoms with Crippen LogP contribution in [0.2, 0.25) is 10.0 Å². The summed E-state index contributed by atoms with van der Waals surface area (Å²) in [6.07, 6.45) is 2.08. The Morgan fingerprint density at radius 2 is 1.89 bits per heavy atom. The highest BCUT2D eigenvalue weighted by molar-refractivity contribution is 6.38. The Balaban J connectivity index is 1.77. The van der Waals surface area contributed by atoms with Gasteiger partial charge in [0.1, 0.15) is 0 Å². The van der Waals surface area contributed by atoms with E-state index in [1.54, 1.807) is 6.07 Å². The third-order valence-corrected chi connectivity index (χ3v) is 4.09. The largest absolute Gasteiger partial charge is 0.379 e. The number of fused-ring (bicyclic) bond motifs is 1. The summed E-state index contributed by atoms with van der Waals surface area (Å²) >= 11 is 12.3. The van der Waals surface area contributed by atoms with E-state index < -0.39 is 0 Å². The van der Waals surface area contributed by atoms with Crippen LogP contribution in [-0.2, 0) is 11.3 Å². The van der Waals surface area contributed by atoms with Crippen molar-refractivity contribution in [2.24, 2.45) is 0 Å². The Kier molecular flexibility index (Phi) is 3.99. The molecule has 1 aromatic heterocycles. The van der Waals surface area contributed by atoms with Gasteiger partial charge in [0.25, 0.3) is 0 Å². The van der Waals surface area contributed by atoms with Crippen LogP contribution in [-0.4, -0.2) is 42.3 Å². The van der Waals surface area contributed by atoms with Gasteiger partial charge in [0, 0.05) is 42.8 Å². The van der Waals surface area contributed by atoms with E-state index in [4.69, 9.17) is 27.9 Å². The summed E-state index contributed by atoms with van der Waals surface area (Å²) in [4.78, 5) is 2.42. The SMILES string of the molecule is Clc1cc(Cl)c2ccn(CCN3CCOCC3)c2c1. The predicted molar refractivity (Wildman–Crippen MR) is 79.2 cm³/mol.